The van der Waals surface area contributed by atoms with Crippen molar-refractivity contribution in [3.63, 3.8) is 0 Å². The van der Waals surface area contributed by atoms with E-state index in [0.717, 1.165) is 18.0 Å². The molecule has 0 radical (unpaired) electrons. The fourth-order valence-corrected chi connectivity index (χ4v) is 3.39. The van der Waals surface area contributed by atoms with Gasteiger partial charge in [-0.05, 0) is 37.1 Å². The standard InChI is InChI=1S/C15H21N3S/c1-11(2)16-8-12-5-6-18(9-12)13-3-4-14-15(7-13)19-10-17-14/h3-4,7,10-12,16H,5-6,8-9H2,1-2H3. The predicted molar refractivity (Wildman–Crippen MR) is 83.1 cm³/mol. The second-order valence-corrected chi connectivity index (χ2v) is 6.55. The first-order valence-corrected chi connectivity index (χ1v) is 7.92. The van der Waals surface area contributed by atoms with Crippen LogP contribution in [0.2, 0.25) is 0 Å². The van der Waals surface area contributed by atoms with Crippen LogP contribution >= 0.6 is 11.3 Å². The number of fused-ring (bicyclic) bond motifs is 1. The van der Waals surface area contributed by atoms with Crippen molar-refractivity contribution in [2.75, 3.05) is 24.5 Å². The van der Waals surface area contributed by atoms with Gasteiger partial charge >= 0.3 is 0 Å². The maximum absolute atomic E-state index is 4.34. The molecular weight excluding hydrogens is 254 g/mol. The number of hydrogen-bond acceptors (Lipinski definition) is 4. The van der Waals surface area contributed by atoms with Gasteiger partial charge in [0.2, 0.25) is 0 Å². The van der Waals surface area contributed by atoms with Crippen molar-refractivity contribution < 1.29 is 0 Å². The Morgan fingerprint density at radius 3 is 3.21 bits per heavy atom. The maximum atomic E-state index is 4.34. The van der Waals surface area contributed by atoms with Crippen LogP contribution in [0.15, 0.2) is 23.7 Å². The average molecular weight is 275 g/mol. The summed E-state index contributed by atoms with van der Waals surface area (Å²) >= 11 is 1.73. The number of rotatable bonds is 4. The van der Waals surface area contributed by atoms with Crippen molar-refractivity contribution >= 4 is 27.2 Å². The largest absolute Gasteiger partial charge is 0.371 e. The molecule has 3 rings (SSSR count). The zero-order chi connectivity index (χ0) is 13.2. The lowest BCUT2D eigenvalue weighted by Crippen LogP contribution is -2.30. The van der Waals surface area contributed by atoms with Gasteiger partial charge in [0.1, 0.15) is 0 Å². The Kier molecular flexibility index (Phi) is 3.71. The predicted octanol–water partition coefficient (Wildman–Crippen LogP) is 3.12. The summed E-state index contributed by atoms with van der Waals surface area (Å²) < 4.78 is 1.29. The molecular formula is C15H21N3S. The van der Waals surface area contributed by atoms with Gasteiger partial charge in [-0.1, -0.05) is 13.8 Å². The van der Waals surface area contributed by atoms with Gasteiger partial charge in [0.25, 0.3) is 0 Å². The third-order valence-electron chi connectivity index (χ3n) is 3.78. The highest BCUT2D eigenvalue weighted by atomic mass is 32.1. The monoisotopic (exact) mass is 275 g/mol. The molecule has 1 fully saturated rings. The molecule has 1 aliphatic rings. The van der Waals surface area contributed by atoms with Crippen molar-refractivity contribution in [3.05, 3.63) is 23.7 Å². The molecule has 0 amide bonds. The van der Waals surface area contributed by atoms with Gasteiger partial charge < -0.3 is 10.2 Å². The highest BCUT2D eigenvalue weighted by Crippen LogP contribution is 2.28. The summed E-state index contributed by atoms with van der Waals surface area (Å²) in [5.41, 5.74) is 4.39. The Morgan fingerprint density at radius 1 is 1.47 bits per heavy atom. The van der Waals surface area contributed by atoms with Crippen LogP contribution < -0.4 is 10.2 Å². The molecule has 0 saturated carbocycles. The molecule has 1 unspecified atom stereocenters. The first kappa shape index (κ1) is 12.9. The molecule has 2 aromatic rings. The molecule has 1 aromatic carbocycles. The van der Waals surface area contributed by atoms with E-state index < -0.39 is 0 Å². The topological polar surface area (TPSA) is 28.2 Å². The van der Waals surface area contributed by atoms with Crippen molar-refractivity contribution in [1.29, 1.82) is 0 Å². The molecule has 0 aliphatic carbocycles. The zero-order valence-corrected chi connectivity index (χ0v) is 12.4. The highest BCUT2D eigenvalue weighted by molar-refractivity contribution is 7.16. The zero-order valence-electron chi connectivity index (χ0n) is 11.6. The summed E-state index contributed by atoms with van der Waals surface area (Å²) in [4.78, 5) is 6.85. The van der Waals surface area contributed by atoms with E-state index in [4.69, 9.17) is 0 Å². The van der Waals surface area contributed by atoms with Crippen LogP contribution in [-0.2, 0) is 0 Å². The second-order valence-electron chi connectivity index (χ2n) is 5.67. The molecule has 1 aromatic heterocycles. The number of aromatic nitrogens is 1. The second kappa shape index (κ2) is 5.47. The van der Waals surface area contributed by atoms with Crippen molar-refractivity contribution in [2.24, 2.45) is 5.92 Å². The lowest BCUT2D eigenvalue weighted by atomic mass is 10.1. The van der Waals surface area contributed by atoms with Gasteiger partial charge in [0, 0.05) is 24.8 Å². The number of hydrogen-bond donors (Lipinski definition) is 1. The number of anilines is 1. The normalized spacial score (nSPS) is 19.7. The maximum Gasteiger partial charge on any atom is 0.0813 e. The highest BCUT2D eigenvalue weighted by Gasteiger charge is 2.22. The van der Waals surface area contributed by atoms with Crippen LogP contribution in [-0.4, -0.2) is 30.7 Å². The van der Waals surface area contributed by atoms with E-state index in [0.29, 0.717) is 6.04 Å². The summed E-state index contributed by atoms with van der Waals surface area (Å²) in [7, 11) is 0. The van der Waals surface area contributed by atoms with E-state index in [-0.39, 0.29) is 0 Å². The lowest BCUT2D eigenvalue weighted by Gasteiger charge is -2.19. The molecule has 3 nitrogen and oxygen atoms in total. The molecule has 0 bridgehead atoms. The van der Waals surface area contributed by atoms with Gasteiger partial charge in [0.05, 0.1) is 15.7 Å². The molecule has 19 heavy (non-hydrogen) atoms. The van der Waals surface area contributed by atoms with Crippen LogP contribution in [0.25, 0.3) is 10.2 Å². The van der Waals surface area contributed by atoms with Crippen LogP contribution in [0.4, 0.5) is 5.69 Å². The van der Waals surface area contributed by atoms with E-state index in [1.807, 2.05) is 5.51 Å². The Labute approximate surface area is 118 Å². The SMILES string of the molecule is CC(C)NCC1CCN(c2ccc3ncsc3c2)C1. The Bertz CT molecular complexity index is 549. The number of nitrogens with one attached hydrogen (secondary N) is 1. The van der Waals surface area contributed by atoms with E-state index in [9.17, 15) is 0 Å². The van der Waals surface area contributed by atoms with Crippen LogP contribution in [0, 0.1) is 5.92 Å². The third kappa shape index (κ3) is 2.90. The van der Waals surface area contributed by atoms with Gasteiger partial charge in [-0.2, -0.15) is 0 Å². The lowest BCUT2D eigenvalue weighted by molar-refractivity contribution is 0.480. The molecule has 4 heteroatoms. The molecule has 1 saturated heterocycles. The van der Waals surface area contributed by atoms with Gasteiger partial charge in [-0.3, -0.25) is 0 Å². The summed E-state index contributed by atoms with van der Waals surface area (Å²) in [6.45, 7) is 7.91. The Balaban J connectivity index is 1.66. The Hall–Kier alpha value is -1.13. The fraction of sp³-hybridized carbons (Fsp3) is 0.533. The summed E-state index contributed by atoms with van der Waals surface area (Å²) in [6, 6.07) is 7.22. The smallest absolute Gasteiger partial charge is 0.0813 e. The molecule has 1 N–H and O–H groups in total. The van der Waals surface area contributed by atoms with E-state index in [1.54, 1.807) is 11.3 Å². The van der Waals surface area contributed by atoms with Gasteiger partial charge in [0.15, 0.2) is 0 Å². The molecule has 0 spiro atoms. The number of nitrogens with zero attached hydrogens (tertiary/aromatic N) is 2. The minimum Gasteiger partial charge on any atom is -0.371 e. The number of thiazole rings is 1. The Morgan fingerprint density at radius 2 is 2.37 bits per heavy atom. The minimum atomic E-state index is 0.586. The van der Waals surface area contributed by atoms with Crippen LogP contribution in [0.5, 0.6) is 0 Å². The first-order chi connectivity index (χ1) is 9.22. The van der Waals surface area contributed by atoms with Gasteiger partial charge in [-0.15, -0.1) is 11.3 Å². The summed E-state index contributed by atoms with van der Waals surface area (Å²) in [5, 5.41) is 3.55. The average Bonchev–Trinajstić information content (AvgIpc) is 3.04. The summed E-state index contributed by atoms with van der Waals surface area (Å²) in [6.07, 6.45) is 1.29. The van der Waals surface area contributed by atoms with Crippen molar-refractivity contribution in [1.82, 2.24) is 10.3 Å². The van der Waals surface area contributed by atoms with E-state index >= 15 is 0 Å². The molecule has 1 aliphatic heterocycles. The van der Waals surface area contributed by atoms with E-state index in [2.05, 4.69) is 47.2 Å². The molecule has 1 atom stereocenters. The van der Waals surface area contributed by atoms with Gasteiger partial charge in [-0.25, -0.2) is 4.98 Å². The van der Waals surface area contributed by atoms with Crippen LogP contribution in [0.3, 0.4) is 0 Å². The minimum absolute atomic E-state index is 0.586. The van der Waals surface area contributed by atoms with Crippen molar-refractivity contribution in [3.8, 4) is 0 Å². The first-order valence-electron chi connectivity index (χ1n) is 7.04. The molecule has 102 valence electrons. The fourth-order valence-electron chi connectivity index (χ4n) is 2.68. The van der Waals surface area contributed by atoms with Crippen molar-refractivity contribution in [2.45, 2.75) is 26.3 Å². The quantitative estimate of drug-likeness (QED) is 0.929. The third-order valence-corrected chi connectivity index (χ3v) is 4.57. The summed E-state index contributed by atoms with van der Waals surface area (Å²) in [5.74, 6) is 0.777. The van der Waals surface area contributed by atoms with E-state index in [1.165, 1.54) is 29.9 Å². The van der Waals surface area contributed by atoms with Crippen LogP contribution in [0.1, 0.15) is 20.3 Å². The molecule has 2 heterocycles. The number of benzene rings is 1.